The van der Waals surface area contributed by atoms with Gasteiger partial charge in [-0.1, -0.05) is 23.7 Å². The number of nitrogens with zero attached hydrogens (tertiary/aromatic N) is 2. The third-order valence-corrected chi connectivity index (χ3v) is 11.8. The van der Waals surface area contributed by atoms with Crippen molar-refractivity contribution >= 4 is 68.0 Å². The van der Waals surface area contributed by atoms with Crippen LogP contribution in [0.25, 0.3) is 0 Å². The van der Waals surface area contributed by atoms with Crippen LogP contribution in [0.15, 0.2) is 16.6 Å². The molecule has 2 amide bonds. The van der Waals surface area contributed by atoms with E-state index in [4.69, 9.17) is 19.9 Å². The summed E-state index contributed by atoms with van der Waals surface area (Å²) >= 11 is 5.95. The minimum atomic E-state index is -0.419. The number of thiophene rings is 2. The highest BCUT2D eigenvalue weighted by molar-refractivity contribution is 9.10. The van der Waals surface area contributed by atoms with E-state index in [1.165, 1.54) is 36.9 Å². The fourth-order valence-corrected chi connectivity index (χ4v) is 8.47. The molecule has 0 aliphatic carbocycles. The Labute approximate surface area is 341 Å². The van der Waals surface area contributed by atoms with Gasteiger partial charge in [-0.2, -0.15) is 0 Å². The van der Waals surface area contributed by atoms with Crippen molar-refractivity contribution in [3.63, 3.8) is 0 Å². The number of rotatable bonds is 6. The van der Waals surface area contributed by atoms with E-state index in [9.17, 15) is 19.2 Å². The largest absolute Gasteiger partial charge is 0.465 e. The maximum absolute atomic E-state index is 12.8. The van der Waals surface area contributed by atoms with Crippen molar-refractivity contribution < 1.29 is 38.1 Å². The number of amides is 2. The summed E-state index contributed by atoms with van der Waals surface area (Å²) in [7, 11) is 2.73. The van der Waals surface area contributed by atoms with Gasteiger partial charge < -0.3 is 39.8 Å². The van der Waals surface area contributed by atoms with Crippen LogP contribution in [0.3, 0.4) is 0 Å². The second-order valence-corrected chi connectivity index (χ2v) is 18.6. The number of anilines is 1. The summed E-state index contributed by atoms with van der Waals surface area (Å²) in [6, 6.07) is 3.55. The van der Waals surface area contributed by atoms with Crippen LogP contribution in [-0.4, -0.2) is 111 Å². The molecule has 4 aliphatic heterocycles. The number of nitrogens with one attached hydrogen (secondary N) is 1. The summed E-state index contributed by atoms with van der Waals surface area (Å²) in [6.07, 6.45) is 3.36. The summed E-state index contributed by atoms with van der Waals surface area (Å²) in [5, 5.41) is 3.26. The van der Waals surface area contributed by atoms with Gasteiger partial charge in [-0.05, 0) is 95.3 Å². The standard InChI is InChI=1S/C20H26N2O4S.C12H13BrO2S.C8H14N2O2/c1-20(2,3)8-5-14-11-16(17(27-14)19(24)25-4)21-15-6-9-22(18(15)23)13-7-10-26-12-13;1-12(2,3)6-5-8-7-9(13)10(16-8)11(14)15-4;9-7-1-3-10(8(7)11)6-2-4-12-5-6/h11,13,15,21H,6-7,9-10,12H2,1-4H3;7H,1-4H3;6-7H,1-5,9H2/t13-,15-;;6-,7-/m0.0/s1. The van der Waals surface area contributed by atoms with E-state index in [0.29, 0.717) is 54.3 Å². The minimum absolute atomic E-state index is 0.0398. The van der Waals surface area contributed by atoms with E-state index in [1.807, 2.05) is 63.5 Å². The molecule has 0 radical (unpaired) electrons. The Bertz CT molecular complexity index is 1810. The van der Waals surface area contributed by atoms with Gasteiger partial charge in [-0.25, -0.2) is 9.59 Å². The number of carbonyl (C=O) groups excluding carboxylic acids is 4. The predicted molar refractivity (Wildman–Crippen MR) is 218 cm³/mol. The summed E-state index contributed by atoms with van der Waals surface area (Å²) in [5.41, 5.74) is 6.05. The molecule has 0 saturated carbocycles. The molecule has 0 unspecified atom stereocenters. The first-order valence-corrected chi connectivity index (χ1v) is 20.8. The maximum atomic E-state index is 12.8. The minimum Gasteiger partial charge on any atom is -0.465 e. The molecule has 3 N–H and O–H groups in total. The third-order valence-electron chi connectivity index (χ3n) is 8.83. The average molecular weight is 862 g/mol. The molecular formula is C40H53BrN4O8S2. The molecule has 0 spiro atoms. The maximum Gasteiger partial charge on any atom is 0.350 e. The first-order chi connectivity index (χ1) is 25.9. The molecule has 15 heteroatoms. The molecule has 4 atom stereocenters. The number of hydrogen-bond acceptors (Lipinski definition) is 12. The molecular weight excluding hydrogens is 808 g/mol. The zero-order valence-electron chi connectivity index (χ0n) is 33.0. The molecule has 6 rings (SSSR count). The normalized spacial score (nSPS) is 22.1. The Hall–Kier alpha value is -3.44. The quantitative estimate of drug-likeness (QED) is 0.271. The molecule has 6 heterocycles. The summed E-state index contributed by atoms with van der Waals surface area (Å²) in [6.45, 7) is 16.6. The smallest absolute Gasteiger partial charge is 0.350 e. The lowest BCUT2D eigenvalue weighted by Gasteiger charge is -2.23. The fraction of sp³-hybridized carbons (Fsp3) is 0.600. The van der Waals surface area contributed by atoms with Crippen LogP contribution < -0.4 is 11.1 Å². The SMILES string of the molecule is COC(=O)c1sc(C#CC(C)(C)C)cc1Br.COC(=O)c1sc(C#CC(C)(C)C)cc1N[C@H]1CCN([C@H]2CCOC2)C1=O.N[C@H]1CCN([C@H]2CCOC2)C1=O. The number of likely N-dealkylation sites (tertiary alicyclic amines) is 2. The van der Waals surface area contributed by atoms with Gasteiger partial charge in [0.15, 0.2) is 0 Å². The second kappa shape index (κ2) is 19.6. The molecule has 300 valence electrons. The molecule has 0 bridgehead atoms. The Morgan fingerprint density at radius 1 is 0.800 bits per heavy atom. The number of carbonyl (C=O) groups is 4. The van der Waals surface area contributed by atoms with Crippen LogP contribution in [-0.2, 0) is 28.5 Å². The molecule has 4 fully saturated rings. The van der Waals surface area contributed by atoms with E-state index in [2.05, 4.69) is 49.7 Å². The van der Waals surface area contributed by atoms with Crippen LogP contribution in [0, 0.1) is 34.5 Å². The molecule has 2 aromatic heterocycles. The van der Waals surface area contributed by atoms with E-state index in [1.54, 1.807) is 0 Å². The Balaban J connectivity index is 0.000000203. The van der Waals surface area contributed by atoms with Crippen molar-refractivity contribution in [2.45, 2.75) is 91.4 Å². The molecule has 4 aliphatic rings. The highest BCUT2D eigenvalue weighted by Crippen LogP contribution is 2.31. The monoisotopic (exact) mass is 860 g/mol. The number of nitrogens with two attached hydrogens (primary N) is 1. The lowest BCUT2D eigenvalue weighted by molar-refractivity contribution is -0.131. The average Bonchev–Trinajstić information content (AvgIpc) is 3.99. The van der Waals surface area contributed by atoms with Gasteiger partial charge in [0.1, 0.15) is 15.8 Å². The van der Waals surface area contributed by atoms with E-state index < -0.39 is 5.97 Å². The predicted octanol–water partition coefficient (Wildman–Crippen LogP) is 5.76. The number of methoxy groups -OCH3 is 2. The van der Waals surface area contributed by atoms with Crippen LogP contribution in [0.1, 0.15) is 96.3 Å². The summed E-state index contributed by atoms with van der Waals surface area (Å²) in [5.74, 6) is 11.9. The zero-order valence-corrected chi connectivity index (χ0v) is 36.2. The van der Waals surface area contributed by atoms with Gasteiger partial charge in [0.2, 0.25) is 11.8 Å². The van der Waals surface area contributed by atoms with Crippen molar-refractivity contribution in [1.29, 1.82) is 0 Å². The van der Waals surface area contributed by atoms with Crippen LogP contribution >= 0.6 is 38.6 Å². The lowest BCUT2D eigenvalue weighted by atomic mass is 9.98. The summed E-state index contributed by atoms with van der Waals surface area (Å²) in [4.78, 5) is 54.2. The van der Waals surface area contributed by atoms with Gasteiger partial charge in [-0.3, -0.25) is 9.59 Å². The van der Waals surface area contributed by atoms with Gasteiger partial charge in [0, 0.05) is 41.6 Å². The number of halogens is 1. The Kier molecular flexibility index (Phi) is 15.8. The fourth-order valence-electron chi connectivity index (χ4n) is 5.97. The van der Waals surface area contributed by atoms with Crippen molar-refractivity contribution in [3.8, 4) is 23.7 Å². The molecule has 2 aromatic rings. The highest BCUT2D eigenvalue weighted by atomic mass is 79.9. The van der Waals surface area contributed by atoms with Crippen molar-refractivity contribution in [1.82, 2.24) is 9.80 Å². The van der Waals surface area contributed by atoms with Gasteiger partial charge >= 0.3 is 11.9 Å². The third kappa shape index (κ3) is 12.8. The topological polar surface area (TPSA) is 150 Å². The number of hydrogen-bond donors (Lipinski definition) is 2. The van der Waals surface area contributed by atoms with E-state index in [0.717, 1.165) is 46.6 Å². The Morgan fingerprint density at radius 3 is 1.76 bits per heavy atom. The van der Waals surface area contributed by atoms with Crippen LogP contribution in [0.5, 0.6) is 0 Å². The van der Waals surface area contributed by atoms with Crippen molar-refractivity contribution in [2.24, 2.45) is 16.6 Å². The van der Waals surface area contributed by atoms with E-state index >= 15 is 0 Å². The zero-order chi connectivity index (χ0) is 40.5. The van der Waals surface area contributed by atoms with Crippen LogP contribution in [0.2, 0.25) is 0 Å². The molecule has 12 nitrogen and oxygen atoms in total. The first-order valence-electron chi connectivity index (χ1n) is 18.4. The van der Waals surface area contributed by atoms with Crippen LogP contribution in [0.4, 0.5) is 5.69 Å². The van der Waals surface area contributed by atoms with Gasteiger partial charge in [0.25, 0.3) is 0 Å². The lowest BCUT2D eigenvalue weighted by Crippen LogP contribution is -2.41. The number of esters is 2. The Morgan fingerprint density at radius 2 is 1.29 bits per heavy atom. The van der Waals surface area contributed by atoms with Crippen molar-refractivity contribution in [2.75, 3.05) is 59.1 Å². The van der Waals surface area contributed by atoms with Gasteiger partial charge in [-0.15, -0.1) is 22.7 Å². The molecule has 55 heavy (non-hydrogen) atoms. The summed E-state index contributed by atoms with van der Waals surface area (Å²) < 4.78 is 20.9. The second-order valence-electron chi connectivity index (χ2n) is 15.6. The highest BCUT2D eigenvalue weighted by Gasteiger charge is 2.38. The number of ether oxygens (including phenoxy) is 4. The molecule has 4 saturated heterocycles. The first kappa shape index (κ1) is 44.3. The van der Waals surface area contributed by atoms with Crippen molar-refractivity contribution in [3.05, 3.63) is 36.1 Å². The molecule has 0 aromatic carbocycles. The van der Waals surface area contributed by atoms with E-state index in [-0.39, 0.29) is 46.7 Å². The van der Waals surface area contributed by atoms with Gasteiger partial charge in [0.05, 0.1) is 61.0 Å².